The Labute approximate surface area is 89.7 Å². The number of rotatable bonds is 5. The molecule has 2 nitrogen and oxygen atoms in total. The molecule has 1 aromatic rings. The van der Waals surface area contributed by atoms with Gasteiger partial charge in [-0.2, -0.15) is 0 Å². The molecule has 0 unspecified atom stereocenters. The molecule has 0 spiro atoms. The molecule has 3 heteroatoms. The van der Waals surface area contributed by atoms with Gasteiger partial charge in [0, 0.05) is 5.69 Å². The van der Waals surface area contributed by atoms with E-state index in [0.717, 1.165) is 30.6 Å². The number of benzene rings is 1. The predicted molar refractivity (Wildman–Crippen MR) is 63.2 cm³/mol. The van der Waals surface area contributed by atoms with E-state index in [1.807, 2.05) is 18.2 Å². The maximum absolute atomic E-state index is 3.56. The Morgan fingerprint density at radius 1 is 1.21 bits per heavy atom. The van der Waals surface area contributed by atoms with Crippen molar-refractivity contribution < 1.29 is 0 Å². The summed E-state index contributed by atoms with van der Waals surface area (Å²) < 4.78 is 0. The first kappa shape index (κ1) is 11.3. The summed E-state index contributed by atoms with van der Waals surface area (Å²) in [5.74, 6) is 0. The fourth-order valence-corrected chi connectivity index (χ4v) is 1.55. The highest BCUT2D eigenvalue weighted by molar-refractivity contribution is 6.35. The van der Waals surface area contributed by atoms with Crippen LogP contribution in [-0.2, 0) is 0 Å². The molecule has 0 aliphatic carbocycles. The quantitative estimate of drug-likeness (QED) is 0.574. The van der Waals surface area contributed by atoms with Crippen LogP contribution in [0.25, 0.3) is 0 Å². The van der Waals surface area contributed by atoms with Gasteiger partial charge < -0.3 is 5.32 Å². The summed E-state index contributed by atoms with van der Waals surface area (Å²) in [6.07, 6.45) is 0. The Kier molecular flexibility index (Phi) is 4.69. The largest absolute Gasteiger partial charge is 0.372 e. The molecular weight excluding hydrogens is 188 g/mol. The lowest BCUT2D eigenvalue weighted by molar-refractivity contribution is 0.326. The molecule has 0 amide bonds. The molecule has 14 heavy (non-hydrogen) atoms. The Bertz CT molecular complexity index is 272. The van der Waals surface area contributed by atoms with Gasteiger partial charge in [0.05, 0.1) is 16.9 Å². The number of hydrogen-bond acceptors (Lipinski definition) is 2. The minimum Gasteiger partial charge on any atom is -0.372 e. The first-order valence-electron chi connectivity index (χ1n) is 5.04. The highest BCUT2D eigenvalue weighted by Crippen LogP contribution is 2.01. The third-order valence-corrected chi connectivity index (χ3v) is 2.75. The maximum Gasteiger partial charge on any atom is 0.0741 e. The molecule has 1 N–H and O–H groups in total. The molecule has 75 valence electrons. The zero-order valence-electron chi connectivity index (χ0n) is 8.88. The first-order chi connectivity index (χ1) is 6.77. The zero-order chi connectivity index (χ0) is 10.4. The topological polar surface area (TPSA) is 15.3 Å². The molecular formula is C11H17N2Si. The number of hydrogen-bond donors (Lipinski definition) is 1. The number of anilines is 1. The van der Waals surface area contributed by atoms with E-state index in [1.54, 1.807) is 0 Å². The molecule has 0 fully saturated rings. The van der Waals surface area contributed by atoms with Gasteiger partial charge in [-0.25, -0.2) is 0 Å². The highest BCUT2D eigenvalue weighted by Gasteiger charge is 1.99. The smallest absolute Gasteiger partial charge is 0.0741 e. The van der Waals surface area contributed by atoms with E-state index in [0.29, 0.717) is 0 Å². The highest BCUT2D eigenvalue weighted by atomic mass is 28.1. The molecule has 0 heterocycles. The van der Waals surface area contributed by atoms with Crippen molar-refractivity contribution in [3.8, 4) is 0 Å². The summed E-state index contributed by atoms with van der Waals surface area (Å²) in [5, 5.41) is 4.50. The minimum atomic E-state index is 0.897. The Morgan fingerprint density at radius 2 is 1.86 bits per heavy atom. The average molecular weight is 205 g/mol. The van der Waals surface area contributed by atoms with Crippen LogP contribution in [0.1, 0.15) is 13.8 Å². The van der Waals surface area contributed by atoms with Crippen molar-refractivity contribution in [2.24, 2.45) is 0 Å². The lowest BCUT2D eigenvalue weighted by atomic mass is 10.3. The summed E-state index contributed by atoms with van der Waals surface area (Å²) in [4.78, 5) is 2.33. The van der Waals surface area contributed by atoms with Crippen molar-refractivity contribution in [1.82, 2.24) is 4.90 Å². The van der Waals surface area contributed by atoms with Crippen LogP contribution in [0.4, 0.5) is 5.69 Å². The van der Waals surface area contributed by atoms with Crippen molar-refractivity contribution >= 4 is 21.1 Å². The molecule has 0 aliphatic rings. The van der Waals surface area contributed by atoms with Crippen LogP contribution < -0.4 is 10.5 Å². The number of nitrogens with zero attached hydrogens (tertiary/aromatic N) is 1. The predicted octanol–water partition coefficient (Wildman–Crippen LogP) is 1.19. The molecule has 0 saturated carbocycles. The Morgan fingerprint density at radius 3 is 2.43 bits per heavy atom. The molecule has 0 aromatic heterocycles. The summed E-state index contributed by atoms with van der Waals surface area (Å²) >= 11 is 0. The van der Waals surface area contributed by atoms with Crippen LogP contribution in [0.5, 0.6) is 0 Å². The first-order valence-corrected chi connectivity index (χ1v) is 5.54. The fourth-order valence-electron chi connectivity index (χ4n) is 1.28. The van der Waals surface area contributed by atoms with Crippen LogP contribution in [0.15, 0.2) is 24.3 Å². The number of para-hydroxylation sites is 1. The van der Waals surface area contributed by atoms with E-state index in [-0.39, 0.29) is 0 Å². The van der Waals surface area contributed by atoms with Crippen LogP contribution >= 0.6 is 0 Å². The van der Waals surface area contributed by atoms with Crippen molar-refractivity contribution in [2.45, 2.75) is 13.8 Å². The Balaban J connectivity index is 2.49. The third kappa shape index (κ3) is 3.16. The lowest BCUT2D eigenvalue weighted by Gasteiger charge is -2.20. The van der Waals surface area contributed by atoms with Gasteiger partial charge in [-0.1, -0.05) is 32.0 Å². The second-order valence-corrected chi connectivity index (χ2v) is 3.72. The fraction of sp³-hybridized carbons (Fsp3) is 0.455. The summed E-state index contributed by atoms with van der Waals surface area (Å²) in [5.41, 5.74) is 1.15. The van der Waals surface area contributed by atoms with E-state index in [1.165, 1.54) is 0 Å². The summed E-state index contributed by atoms with van der Waals surface area (Å²) in [7, 11) is 3.56. The van der Waals surface area contributed by atoms with E-state index < -0.39 is 0 Å². The van der Waals surface area contributed by atoms with Crippen molar-refractivity contribution in [3.63, 3.8) is 0 Å². The van der Waals surface area contributed by atoms with Crippen LogP contribution in [0, 0.1) is 0 Å². The molecule has 1 rings (SSSR count). The lowest BCUT2D eigenvalue weighted by Crippen LogP contribution is -2.30. The molecule has 3 radical (unpaired) electrons. The number of nitrogens with one attached hydrogen (secondary N) is 1. The zero-order valence-corrected chi connectivity index (χ0v) is 9.88. The van der Waals surface area contributed by atoms with Gasteiger partial charge in [0.15, 0.2) is 0 Å². The SMILES string of the molecule is CCN(CC)CNc1ccccc1[Si]. The standard InChI is InChI=1S/C11H17N2Si/c1-3-13(4-2)9-12-10-7-5-6-8-11(10)14/h5-8,12H,3-4,9H2,1-2H3. The van der Waals surface area contributed by atoms with Gasteiger partial charge in [0.1, 0.15) is 0 Å². The maximum atomic E-state index is 3.56. The van der Waals surface area contributed by atoms with Crippen molar-refractivity contribution in [2.75, 3.05) is 25.1 Å². The van der Waals surface area contributed by atoms with Crippen LogP contribution in [-0.4, -0.2) is 34.9 Å². The van der Waals surface area contributed by atoms with Gasteiger partial charge >= 0.3 is 0 Å². The molecule has 0 saturated heterocycles. The van der Waals surface area contributed by atoms with Crippen LogP contribution in [0.2, 0.25) is 0 Å². The Hall–Kier alpha value is -0.803. The summed E-state index contributed by atoms with van der Waals surface area (Å²) in [6, 6.07) is 8.17. The van der Waals surface area contributed by atoms with Crippen molar-refractivity contribution in [3.05, 3.63) is 24.3 Å². The van der Waals surface area contributed by atoms with Crippen LogP contribution in [0.3, 0.4) is 0 Å². The molecule has 0 aliphatic heterocycles. The average Bonchev–Trinajstić information content (AvgIpc) is 2.22. The molecule has 1 aromatic carbocycles. The summed E-state index contributed by atoms with van der Waals surface area (Å²) in [6.45, 7) is 7.39. The van der Waals surface area contributed by atoms with Gasteiger partial charge in [-0.3, -0.25) is 4.90 Å². The normalized spacial score (nSPS) is 10.6. The third-order valence-electron chi connectivity index (χ3n) is 2.31. The second kappa shape index (κ2) is 5.83. The minimum absolute atomic E-state index is 0.897. The monoisotopic (exact) mass is 205 g/mol. The van der Waals surface area contributed by atoms with Gasteiger partial charge in [0.25, 0.3) is 0 Å². The van der Waals surface area contributed by atoms with E-state index in [4.69, 9.17) is 0 Å². The van der Waals surface area contributed by atoms with Crippen molar-refractivity contribution in [1.29, 1.82) is 0 Å². The van der Waals surface area contributed by atoms with Gasteiger partial charge in [-0.05, 0) is 24.3 Å². The van der Waals surface area contributed by atoms with Gasteiger partial charge in [0.2, 0.25) is 0 Å². The van der Waals surface area contributed by atoms with E-state index >= 15 is 0 Å². The van der Waals surface area contributed by atoms with E-state index in [2.05, 4.69) is 40.4 Å². The van der Waals surface area contributed by atoms with Gasteiger partial charge in [-0.15, -0.1) is 0 Å². The van der Waals surface area contributed by atoms with E-state index in [9.17, 15) is 0 Å². The molecule has 0 atom stereocenters. The second-order valence-electron chi connectivity index (χ2n) is 3.18. The molecule has 0 bridgehead atoms.